The van der Waals surface area contributed by atoms with Gasteiger partial charge in [-0.25, -0.2) is 4.79 Å². The van der Waals surface area contributed by atoms with E-state index in [4.69, 9.17) is 23.7 Å². The van der Waals surface area contributed by atoms with Crippen molar-refractivity contribution in [2.45, 2.75) is 263 Å². The standard InChI is InChI=1S/C69H108O12/c1-4-7-10-13-16-19-22-25-28-30-31-33-36-39-42-45-48-51-54-57-63(72)80-67-65(74)64(73)66(68(75)76)81-69(67)78-59-60(79-62(71)56-53-50-47-44-41-38-34-27-24-21-18-15-12-9-6-3)58-77-61(70)55-52-49-46-43-40-37-35-32-29-26-23-20-17-14-11-8-5-2/h7-12,16-21,25-29,31,33-34,39,42,60,64-67,69,73-74H,4-6,13-15,22-24,30,32,35-38,40-41,43-59H2,1-3H3,(H,75,76)/b10-7-,11-8-,12-9-,19-16-,20-17-,21-18-,28-25-,29-26-,33-31-,34-27-,42-39-. The molecule has 456 valence electrons. The molecule has 0 radical (unpaired) electrons. The summed E-state index contributed by atoms with van der Waals surface area (Å²) in [6, 6.07) is 0. The summed E-state index contributed by atoms with van der Waals surface area (Å²) in [5.74, 6) is -3.21. The molecule has 6 unspecified atom stereocenters. The zero-order chi connectivity index (χ0) is 58.9. The number of hydrogen-bond donors (Lipinski definition) is 3. The Balaban J connectivity index is 2.72. The molecule has 12 heteroatoms. The van der Waals surface area contributed by atoms with Crippen molar-refractivity contribution in [1.29, 1.82) is 0 Å². The Morgan fingerprint density at radius 3 is 1.14 bits per heavy atom. The van der Waals surface area contributed by atoms with Crippen LogP contribution in [0.3, 0.4) is 0 Å². The maximum absolute atomic E-state index is 13.2. The van der Waals surface area contributed by atoms with Gasteiger partial charge in [0.05, 0.1) is 6.61 Å². The third-order valence-electron chi connectivity index (χ3n) is 13.2. The zero-order valence-electron chi connectivity index (χ0n) is 50.2. The SMILES string of the molecule is CC/C=C\C/C=C\C/C=C\C/C=C\C/C=C\CCCCCC(=O)OC1C(OCC(COC(=O)CCCCCCCCC/C=C\C/C=C\C/C=C\CC)OC(=O)CCCCCCC/C=C\C/C=C\C/C=C\CC)OC(C(=O)O)C(O)C1O. The van der Waals surface area contributed by atoms with Crippen LogP contribution in [0.5, 0.6) is 0 Å². The lowest BCUT2D eigenvalue weighted by Gasteiger charge is -2.40. The molecule has 1 rings (SSSR count). The Morgan fingerprint density at radius 1 is 0.407 bits per heavy atom. The number of hydrogen-bond acceptors (Lipinski definition) is 11. The van der Waals surface area contributed by atoms with Gasteiger partial charge in [-0.1, -0.05) is 212 Å². The molecule has 0 aromatic rings. The monoisotopic (exact) mass is 1130 g/mol. The van der Waals surface area contributed by atoms with Gasteiger partial charge >= 0.3 is 23.9 Å². The highest BCUT2D eigenvalue weighted by Gasteiger charge is 2.50. The summed E-state index contributed by atoms with van der Waals surface area (Å²) in [7, 11) is 0. The van der Waals surface area contributed by atoms with E-state index < -0.39 is 67.3 Å². The van der Waals surface area contributed by atoms with E-state index in [0.29, 0.717) is 19.3 Å². The van der Waals surface area contributed by atoms with Crippen molar-refractivity contribution in [1.82, 2.24) is 0 Å². The Hall–Kier alpha value is -5.14. The molecule has 0 bridgehead atoms. The van der Waals surface area contributed by atoms with Crippen LogP contribution in [0.25, 0.3) is 0 Å². The average Bonchev–Trinajstić information content (AvgIpc) is 3.54. The molecule has 1 saturated heterocycles. The maximum atomic E-state index is 13.2. The van der Waals surface area contributed by atoms with Crippen LogP contribution in [-0.4, -0.2) is 89.2 Å². The van der Waals surface area contributed by atoms with Crippen molar-refractivity contribution < 1.29 is 58.2 Å². The van der Waals surface area contributed by atoms with Gasteiger partial charge in [-0.05, 0) is 128 Å². The van der Waals surface area contributed by atoms with E-state index in [9.17, 15) is 34.5 Å². The Morgan fingerprint density at radius 2 is 0.741 bits per heavy atom. The molecule has 3 N–H and O–H groups in total. The van der Waals surface area contributed by atoms with Gasteiger partial charge in [0.25, 0.3) is 0 Å². The van der Waals surface area contributed by atoms with Crippen molar-refractivity contribution in [3.63, 3.8) is 0 Å². The summed E-state index contributed by atoms with van der Waals surface area (Å²) in [6.45, 7) is 5.62. The smallest absolute Gasteiger partial charge is 0.335 e. The number of allylic oxidation sites excluding steroid dienone is 22. The minimum atomic E-state index is -1.93. The first-order valence-corrected chi connectivity index (χ1v) is 31.2. The number of ether oxygens (including phenoxy) is 5. The minimum absolute atomic E-state index is 0.0109. The van der Waals surface area contributed by atoms with E-state index in [1.807, 2.05) is 0 Å². The topological polar surface area (TPSA) is 175 Å². The van der Waals surface area contributed by atoms with Crippen LogP contribution >= 0.6 is 0 Å². The second-order valence-electron chi connectivity index (χ2n) is 20.5. The largest absolute Gasteiger partial charge is 0.479 e. The highest BCUT2D eigenvalue weighted by molar-refractivity contribution is 5.74. The second kappa shape index (κ2) is 55.4. The van der Waals surface area contributed by atoms with Gasteiger partial charge in [-0.3, -0.25) is 14.4 Å². The fourth-order valence-electron chi connectivity index (χ4n) is 8.54. The summed E-state index contributed by atoms with van der Waals surface area (Å²) in [5.41, 5.74) is 0. The van der Waals surface area contributed by atoms with E-state index in [0.717, 1.165) is 161 Å². The number of aliphatic hydroxyl groups excluding tert-OH is 2. The number of carbonyl (C=O) groups is 4. The van der Waals surface area contributed by atoms with E-state index in [1.54, 1.807) is 0 Å². The van der Waals surface area contributed by atoms with Gasteiger partial charge in [-0.2, -0.15) is 0 Å². The first kappa shape index (κ1) is 73.9. The second-order valence-corrected chi connectivity index (χ2v) is 20.5. The predicted octanol–water partition coefficient (Wildman–Crippen LogP) is 16.6. The molecular formula is C69H108O12. The number of esters is 3. The lowest BCUT2D eigenvalue weighted by atomic mass is 9.98. The highest BCUT2D eigenvalue weighted by atomic mass is 16.7. The summed E-state index contributed by atoms with van der Waals surface area (Å²) in [5, 5.41) is 31.6. The van der Waals surface area contributed by atoms with E-state index in [1.165, 1.54) is 6.42 Å². The third-order valence-corrected chi connectivity index (χ3v) is 13.2. The molecule has 0 saturated carbocycles. The van der Waals surface area contributed by atoms with Crippen LogP contribution in [0.1, 0.15) is 226 Å². The van der Waals surface area contributed by atoms with Gasteiger partial charge < -0.3 is 39.0 Å². The molecule has 0 amide bonds. The van der Waals surface area contributed by atoms with E-state index in [-0.39, 0.29) is 25.9 Å². The van der Waals surface area contributed by atoms with Crippen LogP contribution in [0.15, 0.2) is 134 Å². The van der Waals surface area contributed by atoms with Crippen molar-refractivity contribution in [3.05, 3.63) is 134 Å². The van der Waals surface area contributed by atoms with Gasteiger partial charge in [0.15, 0.2) is 24.6 Å². The maximum Gasteiger partial charge on any atom is 0.335 e. The van der Waals surface area contributed by atoms with Gasteiger partial charge in [0.2, 0.25) is 0 Å². The summed E-state index contributed by atoms with van der Waals surface area (Å²) in [6.07, 6.45) is 65.5. The summed E-state index contributed by atoms with van der Waals surface area (Å²) in [4.78, 5) is 51.3. The first-order valence-electron chi connectivity index (χ1n) is 31.2. The molecule has 1 aliphatic heterocycles. The van der Waals surface area contributed by atoms with E-state index >= 15 is 0 Å². The number of carbonyl (C=O) groups excluding carboxylic acids is 3. The molecule has 1 fully saturated rings. The summed E-state index contributed by atoms with van der Waals surface area (Å²) >= 11 is 0. The Kier molecular flexibility index (Phi) is 50.5. The zero-order valence-corrected chi connectivity index (χ0v) is 50.2. The molecule has 1 heterocycles. The molecule has 12 nitrogen and oxygen atoms in total. The molecule has 1 aliphatic rings. The fourth-order valence-corrected chi connectivity index (χ4v) is 8.54. The van der Waals surface area contributed by atoms with Crippen LogP contribution in [0, 0.1) is 0 Å². The average molecular weight is 1130 g/mol. The highest BCUT2D eigenvalue weighted by Crippen LogP contribution is 2.26. The molecule has 0 aromatic heterocycles. The molecule has 0 aliphatic carbocycles. The Bertz CT molecular complexity index is 1920. The molecule has 0 aromatic carbocycles. The number of carboxylic acids is 1. The van der Waals surface area contributed by atoms with Gasteiger partial charge in [0.1, 0.15) is 18.8 Å². The fraction of sp³-hybridized carbons (Fsp3) is 0.623. The predicted molar refractivity (Wildman–Crippen MR) is 330 cm³/mol. The summed E-state index contributed by atoms with van der Waals surface area (Å²) < 4.78 is 28.4. The molecule has 81 heavy (non-hydrogen) atoms. The van der Waals surface area contributed by atoms with Crippen LogP contribution in [-0.2, 0) is 42.9 Å². The molecule has 0 spiro atoms. The van der Waals surface area contributed by atoms with Crippen LogP contribution in [0.4, 0.5) is 0 Å². The van der Waals surface area contributed by atoms with Crippen LogP contribution in [0.2, 0.25) is 0 Å². The molecular weight excluding hydrogens is 1020 g/mol. The normalized spacial score (nSPS) is 18.7. The third kappa shape index (κ3) is 45.1. The van der Waals surface area contributed by atoms with Crippen molar-refractivity contribution in [2.24, 2.45) is 0 Å². The van der Waals surface area contributed by atoms with Crippen molar-refractivity contribution in [2.75, 3.05) is 13.2 Å². The van der Waals surface area contributed by atoms with Crippen molar-refractivity contribution in [3.8, 4) is 0 Å². The molecule has 6 atom stereocenters. The number of unbranched alkanes of at least 4 members (excludes halogenated alkanes) is 15. The van der Waals surface area contributed by atoms with Gasteiger partial charge in [-0.15, -0.1) is 0 Å². The number of rotatable bonds is 51. The first-order chi connectivity index (χ1) is 39.6. The number of aliphatic carboxylic acids is 1. The minimum Gasteiger partial charge on any atom is -0.479 e. The van der Waals surface area contributed by atoms with Crippen molar-refractivity contribution >= 4 is 23.9 Å². The lowest BCUT2D eigenvalue weighted by molar-refractivity contribution is -0.301. The lowest BCUT2D eigenvalue weighted by Crippen LogP contribution is -2.61. The number of carboxylic acid groups (broad SMARTS) is 1. The number of aliphatic hydroxyl groups is 2. The van der Waals surface area contributed by atoms with Gasteiger partial charge in [0, 0.05) is 19.3 Å². The van der Waals surface area contributed by atoms with Crippen LogP contribution < -0.4 is 0 Å². The Labute approximate surface area is 490 Å². The quantitative estimate of drug-likeness (QED) is 0.0228. The van der Waals surface area contributed by atoms with E-state index in [2.05, 4.69) is 154 Å².